The maximum absolute atomic E-state index is 14.5. The summed E-state index contributed by atoms with van der Waals surface area (Å²) in [5.74, 6) is -1.45. The van der Waals surface area contributed by atoms with E-state index in [1.54, 1.807) is 47.6 Å². The quantitative estimate of drug-likeness (QED) is 0.494. The maximum Gasteiger partial charge on any atom is 0.253 e. The summed E-state index contributed by atoms with van der Waals surface area (Å²) in [4.78, 5) is 30.6. The molecule has 0 aliphatic heterocycles. The lowest BCUT2D eigenvalue weighted by atomic mass is 10.1. The second-order valence-corrected chi connectivity index (χ2v) is 7.39. The van der Waals surface area contributed by atoms with Crippen molar-refractivity contribution in [2.24, 2.45) is 0 Å². The van der Waals surface area contributed by atoms with Gasteiger partial charge in [0.05, 0.1) is 0 Å². The molecule has 1 heterocycles. The highest BCUT2D eigenvalue weighted by atomic mass is 19.1. The van der Waals surface area contributed by atoms with Crippen LogP contribution in [0.25, 0.3) is 11.1 Å². The minimum Gasteiger partial charge on any atom is -0.339 e. The van der Waals surface area contributed by atoms with E-state index < -0.39 is 11.6 Å². The number of hydrogen-bond donors (Lipinski definition) is 1. The van der Waals surface area contributed by atoms with Crippen molar-refractivity contribution < 1.29 is 18.4 Å². The average Bonchev–Trinajstić information content (AvgIpc) is 2.79. The number of nitrogens with zero attached hydrogens (tertiary/aromatic N) is 2. The molecule has 5 nitrogen and oxygen atoms in total. The molecule has 1 aromatic heterocycles. The van der Waals surface area contributed by atoms with Gasteiger partial charge in [0.1, 0.15) is 11.6 Å². The molecule has 0 saturated carbocycles. The van der Waals surface area contributed by atoms with Gasteiger partial charge in [0.2, 0.25) is 5.91 Å². The summed E-state index contributed by atoms with van der Waals surface area (Å²) in [6, 6.07) is 13.6. The Morgan fingerprint density at radius 1 is 1.03 bits per heavy atom. The number of pyridine rings is 1. The summed E-state index contributed by atoms with van der Waals surface area (Å²) in [6.07, 6.45) is 4.54. The second-order valence-electron chi connectivity index (χ2n) is 7.39. The van der Waals surface area contributed by atoms with E-state index in [0.29, 0.717) is 36.3 Å². The lowest BCUT2D eigenvalue weighted by molar-refractivity contribution is -0.116. The van der Waals surface area contributed by atoms with Crippen molar-refractivity contribution in [1.82, 2.24) is 9.88 Å². The first-order chi connectivity index (χ1) is 15.5. The van der Waals surface area contributed by atoms with E-state index in [1.807, 2.05) is 6.92 Å². The van der Waals surface area contributed by atoms with Crippen LogP contribution in [-0.4, -0.2) is 34.8 Å². The van der Waals surface area contributed by atoms with Gasteiger partial charge in [-0.15, -0.1) is 0 Å². The molecule has 7 heteroatoms. The number of rotatable bonds is 9. The molecule has 1 N–H and O–H groups in total. The zero-order valence-corrected chi connectivity index (χ0v) is 17.9. The molecule has 0 saturated heterocycles. The number of carbonyl (C=O) groups excluding carboxylic acids is 2. The summed E-state index contributed by atoms with van der Waals surface area (Å²) >= 11 is 0. The number of amides is 2. The Balaban J connectivity index is 1.54. The minimum atomic E-state index is -0.464. The normalized spacial score (nSPS) is 10.6. The van der Waals surface area contributed by atoms with Crippen LogP contribution in [0.5, 0.6) is 0 Å². The highest BCUT2D eigenvalue weighted by molar-refractivity contribution is 5.94. The van der Waals surface area contributed by atoms with Crippen molar-refractivity contribution in [3.05, 3.63) is 84.2 Å². The largest absolute Gasteiger partial charge is 0.339 e. The molecule has 0 aliphatic rings. The summed E-state index contributed by atoms with van der Waals surface area (Å²) < 4.78 is 27.9. The molecule has 0 atom stereocenters. The Hall–Kier alpha value is -3.61. The van der Waals surface area contributed by atoms with E-state index in [4.69, 9.17) is 0 Å². The molecular formula is C25H25F2N3O2. The molecule has 2 amide bonds. The standard InChI is InChI=1S/C25H25F2N3O2/c1-2-13-30(25(32)18-6-3-8-20(26)15-18)14-5-9-24(31)29-21-10-11-22(23(27)16-21)19-7-4-12-28-17-19/h3-4,6-8,10-12,15-17H,2,5,9,13-14H2,1H3,(H,29,31). The highest BCUT2D eigenvalue weighted by Gasteiger charge is 2.16. The van der Waals surface area contributed by atoms with Gasteiger partial charge in [0, 0.05) is 54.3 Å². The van der Waals surface area contributed by atoms with Crippen molar-refractivity contribution in [1.29, 1.82) is 0 Å². The van der Waals surface area contributed by atoms with E-state index >= 15 is 0 Å². The topological polar surface area (TPSA) is 62.3 Å². The molecular weight excluding hydrogens is 412 g/mol. The number of carbonyl (C=O) groups is 2. The third kappa shape index (κ3) is 6.20. The average molecular weight is 437 g/mol. The van der Waals surface area contributed by atoms with Crippen molar-refractivity contribution in [3.8, 4) is 11.1 Å². The molecule has 3 aromatic rings. The SMILES string of the molecule is CCCN(CCCC(=O)Nc1ccc(-c2cccnc2)c(F)c1)C(=O)c1cccc(F)c1. The van der Waals surface area contributed by atoms with Crippen molar-refractivity contribution in [2.75, 3.05) is 18.4 Å². The molecule has 0 spiro atoms. The summed E-state index contributed by atoms with van der Waals surface area (Å²) in [7, 11) is 0. The van der Waals surface area contributed by atoms with Gasteiger partial charge in [-0.2, -0.15) is 0 Å². The number of nitrogens with one attached hydrogen (secondary N) is 1. The molecule has 3 rings (SSSR count). The zero-order valence-electron chi connectivity index (χ0n) is 17.9. The van der Waals surface area contributed by atoms with Crippen LogP contribution in [0.2, 0.25) is 0 Å². The van der Waals surface area contributed by atoms with Gasteiger partial charge in [-0.1, -0.05) is 19.1 Å². The Labute approximate surface area is 186 Å². The van der Waals surface area contributed by atoms with Gasteiger partial charge in [-0.25, -0.2) is 8.78 Å². The Morgan fingerprint density at radius 2 is 1.88 bits per heavy atom. The first-order valence-corrected chi connectivity index (χ1v) is 10.5. The van der Waals surface area contributed by atoms with Crippen LogP contribution >= 0.6 is 0 Å². The van der Waals surface area contributed by atoms with Gasteiger partial charge in [-0.3, -0.25) is 14.6 Å². The summed E-state index contributed by atoms with van der Waals surface area (Å²) in [6.45, 7) is 2.82. The lowest BCUT2D eigenvalue weighted by Gasteiger charge is -2.22. The Morgan fingerprint density at radius 3 is 2.56 bits per heavy atom. The van der Waals surface area contributed by atoms with E-state index in [9.17, 15) is 18.4 Å². The first-order valence-electron chi connectivity index (χ1n) is 10.5. The fourth-order valence-corrected chi connectivity index (χ4v) is 3.39. The van der Waals surface area contributed by atoms with Crippen molar-refractivity contribution in [3.63, 3.8) is 0 Å². The van der Waals surface area contributed by atoms with Crippen LogP contribution in [0, 0.1) is 11.6 Å². The third-order valence-corrected chi connectivity index (χ3v) is 4.91. The van der Waals surface area contributed by atoms with E-state index in [0.717, 1.165) is 6.42 Å². The van der Waals surface area contributed by atoms with E-state index in [-0.39, 0.29) is 23.8 Å². The number of hydrogen-bond acceptors (Lipinski definition) is 3. The fourth-order valence-electron chi connectivity index (χ4n) is 3.39. The fraction of sp³-hybridized carbons (Fsp3) is 0.240. The van der Waals surface area contributed by atoms with E-state index in [1.165, 1.54) is 24.3 Å². The van der Waals surface area contributed by atoms with Crippen LogP contribution in [-0.2, 0) is 4.79 Å². The third-order valence-electron chi connectivity index (χ3n) is 4.91. The molecule has 0 bridgehead atoms. The maximum atomic E-state index is 14.5. The molecule has 2 aromatic carbocycles. The molecule has 0 fully saturated rings. The number of halogens is 2. The second kappa shape index (κ2) is 11.1. The first kappa shape index (κ1) is 23.1. The Bertz CT molecular complexity index is 1070. The molecule has 166 valence electrons. The monoisotopic (exact) mass is 437 g/mol. The Kier molecular flexibility index (Phi) is 8.02. The molecule has 32 heavy (non-hydrogen) atoms. The molecule has 0 radical (unpaired) electrons. The van der Waals surface area contributed by atoms with Crippen LogP contribution in [0.4, 0.5) is 14.5 Å². The predicted molar refractivity (Wildman–Crippen MR) is 120 cm³/mol. The molecule has 0 unspecified atom stereocenters. The van der Waals surface area contributed by atoms with Gasteiger partial charge in [0.15, 0.2) is 0 Å². The van der Waals surface area contributed by atoms with Crippen LogP contribution in [0.15, 0.2) is 67.0 Å². The predicted octanol–water partition coefficient (Wildman–Crippen LogP) is 5.30. The van der Waals surface area contributed by atoms with Gasteiger partial charge < -0.3 is 10.2 Å². The van der Waals surface area contributed by atoms with Gasteiger partial charge in [0.25, 0.3) is 5.91 Å². The summed E-state index contributed by atoms with van der Waals surface area (Å²) in [5.41, 5.74) is 1.71. The van der Waals surface area contributed by atoms with Crippen LogP contribution < -0.4 is 5.32 Å². The minimum absolute atomic E-state index is 0.169. The highest BCUT2D eigenvalue weighted by Crippen LogP contribution is 2.24. The van der Waals surface area contributed by atoms with Crippen LogP contribution in [0.1, 0.15) is 36.5 Å². The lowest BCUT2D eigenvalue weighted by Crippen LogP contribution is -2.33. The van der Waals surface area contributed by atoms with Crippen LogP contribution in [0.3, 0.4) is 0 Å². The van der Waals surface area contributed by atoms with Crippen molar-refractivity contribution >= 4 is 17.5 Å². The van der Waals surface area contributed by atoms with Gasteiger partial charge in [-0.05, 0) is 55.3 Å². The smallest absolute Gasteiger partial charge is 0.253 e. The van der Waals surface area contributed by atoms with Gasteiger partial charge >= 0.3 is 0 Å². The number of benzene rings is 2. The summed E-state index contributed by atoms with van der Waals surface area (Å²) in [5, 5.41) is 2.69. The zero-order chi connectivity index (χ0) is 22.9. The molecule has 0 aliphatic carbocycles. The number of anilines is 1. The van der Waals surface area contributed by atoms with E-state index in [2.05, 4.69) is 10.3 Å². The number of aromatic nitrogens is 1. The van der Waals surface area contributed by atoms with Crippen molar-refractivity contribution in [2.45, 2.75) is 26.2 Å².